The monoisotopic (exact) mass is 474 g/mol. The van der Waals surface area contributed by atoms with Gasteiger partial charge in [-0.25, -0.2) is 0 Å². The summed E-state index contributed by atoms with van der Waals surface area (Å²) in [6.07, 6.45) is 0. The Morgan fingerprint density at radius 1 is 1.17 bits per heavy atom. The van der Waals surface area contributed by atoms with E-state index in [0.29, 0.717) is 28.7 Å². The fourth-order valence-electron chi connectivity index (χ4n) is 2.54. The lowest BCUT2D eigenvalue weighted by molar-refractivity contribution is -0.115. The zero-order chi connectivity index (χ0) is 20.8. The minimum absolute atomic E-state index is 0.128. The van der Waals surface area contributed by atoms with Crippen molar-refractivity contribution in [1.82, 2.24) is 15.5 Å². The van der Waals surface area contributed by atoms with Crippen LogP contribution in [0.5, 0.6) is 0 Å². The second-order valence-electron chi connectivity index (χ2n) is 6.20. The van der Waals surface area contributed by atoms with Gasteiger partial charge in [-0.1, -0.05) is 33.2 Å². The Bertz CT molecular complexity index is 1040. The zero-order valence-corrected chi connectivity index (χ0v) is 18.3. The molecule has 0 aliphatic carbocycles. The van der Waals surface area contributed by atoms with Gasteiger partial charge in [0.15, 0.2) is 5.82 Å². The number of rotatable bonds is 7. The van der Waals surface area contributed by atoms with Gasteiger partial charge >= 0.3 is 0 Å². The maximum absolute atomic E-state index is 12.6. The first-order valence-electron chi connectivity index (χ1n) is 8.77. The Morgan fingerprint density at radius 3 is 2.69 bits per heavy atom. The summed E-state index contributed by atoms with van der Waals surface area (Å²) in [7, 11) is 0. The highest BCUT2D eigenvalue weighted by Crippen LogP contribution is 2.25. The number of anilines is 1. The van der Waals surface area contributed by atoms with Crippen molar-refractivity contribution in [2.75, 3.05) is 11.9 Å². The molecular weight excluding hydrogens is 456 g/mol. The molecule has 150 valence electrons. The van der Waals surface area contributed by atoms with E-state index in [1.54, 1.807) is 19.1 Å². The number of aryl methyl sites for hydroxylation is 2. The van der Waals surface area contributed by atoms with E-state index in [4.69, 9.17) is 4.52 Å². The van der Waals surface area contributed by atoms with E-state index < -0.39 is 0 Å². The number of nitrogens with zero attached hydrogens (tertiary/aromatic N) is 2. The largest absolute Gasteiger partial charge is 0.343 e. The van der Waals surface area contributed by atoms with Crippen LogP contribution in [0.3, 0.4) is 0 Å². The van der Waals surface area contributed by atoms with Gasteiger partial charge < -0.3 is 15.2 Å². The molecule has 0 spiro atoms. The lowest BCUT2D eigenvalue weighted by Gasteiger charge is -2.11. The summed E-state index contributed by atoms with van der Waals surface area (Å²) >= 11 is 4.82. The van der Waals surface area contributed by atoms with Gasteiger partial charge in [0.1, 0.15) is 0 Å². The molecule has 1 aromatic heterocycles. The summed E-state index contributed by atoms with van der Waals surface area (Å²) in [6.45, 7) is 3.50. The third-order valence-corrected chi connectivity index (χ3v) is 5.49. The van der Waals surface area contributed by atoms with Gasteiger partial charge in [-0.2, -0.15) is 4.98 Å². The van der Waals surface area contributed by atoms with Gasteiger partial charge in [-0.3, -0.25) is 9.59 Å². The molecular formula is C20H19BrN4O3S. The second-order valence-corrected chi connectivity index (χ2v) is 8.14. The van der Waals surface area contributed by atoms with Crippen LogP contribution in [0.4, 0.5) is 5.69 Å². The van der Waals surface area contributed by atoms with Crippen molar-refractivity contribution in [1.29, 1.82) is 0 Å². The second kappa shape index (κ2) is 9.71. The summed E-state index contributed by atoms with van der Waals surface area (Å²) in [5.41, 5.74) is 2.13. The molecule has 2 amide bonds. The van der Waals surface area contributed by atoms with Gasteiger partial charge in [0, 0.05) is 22.0 Å². The molecule has 0 fully saturated rings. The molecule has 0 aliphatic rings. The number of carbonyl (C=O) groups excluding carboxylic acids is 2. The number of carbonyl (C=O) groups is 2. The molecule has 29 heavy (non-hydrogen) atoms. The van der Waals surface area contributed by atoms with E-state index in [1.807, 2.05) is 37.3 Å². The maximum atomic E-state index is 12.6. The van der Waals surface area contributed by atoms with Gasteiger partial charge in [0.05, 0.1) is 17.9 Å². The van der Waals surface area contributed by atoms with Crippen molar-refractivity contribution in [3.63, 3.8) is 0 Å². The summed E-state index contributed by atoms with van der Waals surface area (Å²) < 4.78 is 5.89. The number of hydrogen-bond acceptors (Lipinski definition) is 6. The van der Waals surface area contributed by atoms with Crippen LogP contribution in [0.15, 0.2) is 56.4 Å². The Morgan fingerprint density at radius 2 is 1.97 bits per heavy atom. The average Bonchev–Trinajstić information content (AvgIpc) is 3.12. The minimum Gasteiger partial charge on any atom is -0.343 e. The Hall–Kier alpha value is -2.65. The normalized spacial score (nSPS) is 10.6. The first-order chi connectivity index (χ1) is 13.9. The topological polar surface area (TPSA) is 97.1 Å². The molecule has 0 aliphatic heterocycles. The predicted molar refractivity (Wildman–Crippen MR) is 115 cm³/mol. The predicted octanol–water partition coefficient (Wildman–Crippen LogP) is 4.11. The SMILES string of the molecule is Cc1nc(CSc2ccccc2C(=O)NCC(=O)Nc2ccc(Br)cc2C)no1. The summed E-state index contributed by atoms with van der Waals surface area (Å²) in [5, 5.41) is 9.32. The Kier molecular flexibility index (Phi) is 7.05. The van der Waals surface area contributed by atoms with Crippen LogP contribution in [-0.2, 0) is 10.5 Å². The summed E-state index contributed by atoms with van der Waals surface area (Å²) in [4.78, 5) is 29.7. The van der Waals surface area contributed by atoms with E-state index in [9.17, 15) is 9.59 Å². The molecule has 7 nitrogen and oxygen atoms in total. The highest BCUT2D eigenvalue weighted by Gasteiger charge is 2.14. The minimum atomic E-state index is -0.319. The summed E-state index contributed by atoms with van der Waals surface area (Å²) in [5.74, 6) is 0.923. The molecule has 2 N–H and O–H groups in total. The highest BCUT2D eigenvalue weighted by molar-refractivity contribution is 9.10. The molecule has 0 bridgehead atoms. The third-order valence-electron chi connectivity index (χ3n) is 3.93. The van der Waals surface area contributed by atoms with Crippen molar-refractivity contribution < 1.29 is 14.1 Å². The molecule has 3 rings (SSSR count). The molecule has 9 heteroatoms. The number of hydrogen-bond donors (Lipinski definition) is 2. The Labute approximate surface area is 180 Å². The molecule has 0 radical (unpaired) electrons. The fraction of sp³-hybridized carbons (Fsp3) is 0.200. The molecule has 2 aromatic carbocycles. The van der Waals surface area contributed by atoms with E-state index in [0.717, 1.165) is 14.9 Å². The van der Waals surface area contributed by atoms with E-state index in [1.165, 1.54) is 11.8 Å². The zero-order valence-electron chi connectivity index (χ0n) is 15.9. The van der Waals surface area contributed by atoms with Crippen LogP contribution in [0, 0.1) is 13.8 Å². The number of aromatic nitrogens is 2. The standard InChI is InChI=1S/C20H19BrN4O3S/c1-12-9-14(21)7-8-16(12)24-19(26)10-22-20(27)15-5-3-4-6-17(15)29-11-18-23-13(2)28-25-18/h3-9H,10-11H2,1-2H3,(H,22,27)(H,24,26). The first-order valence-corrected chi connectivity index (χ1v) is 10.6. The van der Waals surface area contributed by atoms with Gasteiger partial charge in [-0.15, -0.1) is 11.8 Å². The van der Waals surface area contributed by atoms with E-state index >= 15 is 0 Å². The van der Waals surface area contributed by atoms with Crippen molar-refractivity contribution >= 4 is 45.2 Å². The molecule has 0 saturated carbocycles. The van der Waals surface area contributed by atoms with Crippen LogP contribution in [0.2, 0.25) is 0 Å². The molecule has 3 aromatic rings. The molecule has 0 unspecified atom stereocenters. The molecule has 0 atom stereocenters. The lowest BCUT2D eigenvalue weighted by atomic mass is 10.2. The highest BCUT2D eigenvalue weighted by atomic mass is 79.9. The molecule has 1 heterocycles. The quantitative estimate of drug-likeness (QED) is 0.500. The van der Waals surface area contributed by atoms with E-state index in [-0.39, 0.29) is 18.4 Å². The van der Waals surface area contributed by atoms with Crippen LogP contribution >= 0.6 is 27.7 Å². The van der Waals surface area contributed by atoms with Gasteiger partial charge in [0.25, 0.3) is 5.91 Å². The third kappa shape index (κ3) is 5.91. The summed E-state index contributed by atoms with van der Waals surface area (Å²) in [6, 6.07) is 12.8. The van der Waals surface area contributed by atoms with Crippen molar-refractivity contribution in [3.05, 3.63) is 69.8 Å². The van der Waals surface area contributed by atoms with Crippen LogP contribution < -0.4 is 10.6 Å². The van der Waals surface area contributed by atoms with Crippen LogP contribution in [-0.4, -0.2) is 28.5 Å². The number of thioether (sulfide) groups is 1. The van der Waals surface area contributed by atoms with Gasteiger partial charge in [-0.05, 0) is 42.8 Å². The van der Waals surface area contributed by atoms with E-state index in [2.05, 4.69) is 36.7 Å². The number of nitrogens with one attached hydrogen (secondary N) is 2. The van der Waals surface area contributed by atoms with Crippen molar-refractivity contribution in [3.8, 4) is 0 Å². The number of amides is 2. The fourth-order valence-corrected chi connectivity index (χ4v) is 3.91. The number of halogens is 1. The number of benzene rings is 2. The average molecular weight is 475 g/mol. The maximum Gasteiger partial charge on any atom is 0.252 e. The van der Waals surface area contributed by atoms with Crippen LogP contribution in [0.25, 0.3) is 0 Å². The van der Waals surface area contributed by atoms with Crippen LogP contribution in [0.1, 0.15) is 27.6 Å². The lowest BCUT2D eigenvalue weighted by Crippen LogP contribution is -2.33. The molecule has 0 saturated heterocycles. The smallest absolute Gasteiger partial charge is 0.252 e. The van der Waals surface area contributed by atoms with Crippen molar-refractivity contribution in [2.45, 2.75) is 24.5 Å². The van der Waals surface area contributed by atoms with Crippen molar-refractivity contribution in [2.24, 2.45) is 0 Å². The first kappa shape index (κ1) is 21.1. The van der Waals surface area contributed by atoms with Gasteiger partial charge in [0.2, 0.25) is 11.8 Å². The Balaban J connectivity index is 1.58.